The third-order valence-corrected chi connectivity index (χ3v) is 4.56. The molecule has 2 aromatic rings. The topological polar surface area (TPSA) is 42.2 Å². The van der Waals surface area contributed by atoms with Gasteiger partial charge in [0, 0.05) is 40.7 Å². The molecule has 0 unspecified atom stereocenters. The van der Waals surface area contributed by atoms with Crippen LogP contribution in [0.5, 0.6) is 5.75 Å². The Balaban J connectivity index is 2.62. The van der Waals surface area contributed by atoms with E-state index in [9.17, 15) is 9.90 Å². The highest BCUT2D eigenvalue weighted by Crippen LogP contribution is 2.40. The van der Waals surface area contributed by atoms with Crippen molar-refractivity contribution in [2.24, 2.45) is 0 Å². The summed E-state index contributed by atoms with van der Waals surface area (Å²) in [6.07, 6.45) is 3.83. The zero-order valence-electron chi connectivity index (χ0n) is 16.8. The third-order valence-electron chi connectivity index (χ3n) is 4.56. The molecule has 0 aliphatic heterocycles. The molecule has 0 amide bonds. The average molecular weight is 341 g/mol. The van der Waals surface area contributed by atoms with Crippen LogP contribution in [-0.4, -0.2) is 15.5 Å². The monoisotopic (exact) mass is 341 g/mol. The van der Waals surface area contributed by atoms with Crippen LogP contribution in [0.2, 0.25) is 0 Å². The maximum absolute atomic E-state index is 13.1. The first-order valence-electron chi connectivity index (χ1n) is 8.92. The van der Waals surface area contributed by atoms with Gasteiger partial charge in [-0.25, -0.2) is 0 Å². The van der Waals surface area contributed by atoms with Gasteiger partial charge in [-0.3, -0.25) is 4.79 Å². The van der Waals surface area contributed by atoms with E-state index in [2.05, 4.69) is 55.4 Å². The van der Waals surface area contributed by atoms with Gasteiger partial charge in [0.15, 0.2) is 5.78 Å². The molecule has 1 aromatic carbocycles. The zero-order valence-corrected chi connectivity index (χ0v) is 16.8. The molecule has 0 aliphatic carbocycles. The summed E-state index contributed by atoms with van der Waals surface area (Å²) in [5.41, 5.74) is 2.44. The van der Waals surface area contributed by atoms with Crippen LogP contribution < -0.4 is 0 Å². The van der Waals surface area contributed by atoms with Gasteiger partial charge in [0.05, 0.1) is 0 Å². The molecule has 0 atom stereocenters. The van der Waals surface area contributed by atoms with Crippen molar-refractivity contribution < 1.29 is 9.90 Å². The number of hydrogen-bond acceptors (Lipinski definition) is 2. The standard InChI is InChI=1S/C22H31NO2/c1-14(2)23-10-9-15(13-23)19(24)16-11-17(21(3,4)5)20(25)18(12-16)22(6,7)8/h9-14,25H,1-8H3. The van der Waals surface area contributed by atoms with Gasteiger partial charge >= 0.3 is 0 Å². The summed E-state index contributed by atoms with van der Waals surface area (Å²) in [6.45, 7) is 16.5. The Hall–Kier alpha value is -2.03. The fourth-order valence-electron chi connectivity index (χ4n) is 2.94. The molecule has 0 saturated carbocycles. The molecule has 136 valence electrons. The van der Waals surface area contributed by atoms with Crippen molar-refractivity contribution in [1.29, 1.82) is 0 Å². The molecular weight excluding hydrogens is 310 g/mol. The summed E-state index contributed by atoms with van der Waals surface area (Å²) in [6, 6.07) is 5.87. The lowest BCUT2D eigenvalue weighted by Crippen LogP contribution is -2.19. The largest absolute Gasteiger partial charge is 0.507 e. The summed E-state index contributed by atoms with van der Waals surface area (Å²) in [4.78, 5) is 13.1. The van der Waals surface area contributed by atoms with Gasteiger partial charge in [-0.1, -0.05) is 41.5 Å². The fraction of sp³-hybridized carbons (Fsp3) is 0.500. The number of ketones is 1. The van der Waals surface area contributed by atoms with E-state index in [0.717, 1.165) is 11.1 Å². The maximum atomic E-state index is 13.1. The second-order valence-corrected chi connectivity index (χ2v) is 9.19. The Morgan fingerprint density at radius 3 is 1.80 bits per heavy atom. The normalized spacial score (nSPS) is 12.7. The first-order valence-corrected chi connectivity index (χ1v) is 8.92. The van der Waals surface area contributed by atoms with E-state index < -0.39 is 0 Å². The number of carbonyl (C=O) groups is 1. The number of phenolic OH excluding ortho intramolecular Hbond substituents is 1. The van der Waals surface area contributed by atoms with Crippen molar-refractivity contribution in [3.63, 3.8) is 0 Å². The van der Waals surface area contributed by atoms with Crippen LogP contribution in [0.1, 0.15) is 88.5 Å². The summed E-state index contributed by atoms with van der Waals surface area (Å²) >= 11 is 0. The predicted molar refractivity (Wildman–Crippen MR) is 104 cm³/mol. The molecule has 25 heavy (non-hydrogen) atoms. The van der Waals surface area contributed by atoms with Gasteiger partial charge in [-0.15, -0.1) is 0 Å². The molecule has 0 saturated heterocycles. The molecule has 0 bridgehead atoms. The van der Waals surface area contributed by atoms with Crippen LogP contribution in [0.4, 0.5) is 0 Å². The highest BCUT2D eigenvalue weighted by atomic mass is 16.3. The van der Waals surface area contributed by atoms with E-state index in [-0.39, 0.29) is 16.6 Å². The van der Waals surface area contributed by atoms with Crippen molar-refractivity contribution in [2.45, 2.75) is 72.3 Å². The number of rotatable bonds is 3. The van der Waals surface area contributed by atoms with E-state index in [1.54, 1.807) is 0 Å². The molecule has 2 rings (SSSR count). The second-order valence-electron chi connectivity index (χ2n) is 9.19. The lowest BCUT2D eigenvalue weighted by Gasteiger charge is -2.28. The summed E-state index contributed by atoms with van der Waals surface area (Å²) < 4.78 is 2.03. The molecule has 0 radical (unpaired) electrons. The molecule has 3 heteroatoms. The van der Waals surface area contributed by atoms with Gasteiger partial charge in [-0.05, 0) is 42.9 Å². The van der Waals surface area contributed by atoms with Gasteiger partial charge in [-0.2, -0.15) is 0 Å². The van der Waals surface area contributed by atoms with E-state index >= 15 is 0 Å². The number of benzene rings is 1. The minimum Gasteiger partial charge on any atom is -0.507 e. The lowest BCUT2D eigenvalue weighted by atomic mass is 9.78. The Morgan fingerprint density at radius 2 is 1.44 bits per heavy atom. The second kappa shape index (κ2) is 6.36. The van der Waals surface area contributed by atoms with Crippen LogP contribution in [0.15, 0.2) is 30.6 Å². The molecule has 1 N–H and O–H groups in total. The Kier molecular flexibility index (Phi) is 4.91. The molecule has 0 fully saturated rings. The molecule has 1 heterocycles. The van der Waals surface area contributed by atoms with Crippen molar-refractivity contribution in [3.8, 4) is 5.75 Å². The van der Waals surface area contributed by atoms with Crippen LogP contribution in [0, 0.1) is 0 Å². The quantitative estimate of drug-likeness (QED) is 0.738. The van der Waals surface area contributed by atoms with Crippen LogP contribution >= 0.6 is 0 Å². The number of aromatic hydroxyl groups is 1. The van der Waals surface area contributed by atoms with Gasteiger partial charge < -0.3 is 9.67 Å². The van der Waals surface area contributed by atoms with Crippen molar-refractivity contribution >= 4 is 5.78 Å². The highest BCUT2D eigenvalue weighted by Gasteiger charge is 2.28. The lowest BCUT2D eigenvalue weighted by molar-refractivity contribution is 0.103. The van der Waals surface area contributed by atoms with Crippen LogP contribution in [-0.2, 0) is 10.8 Å². The Morgan fingerprint density at radius 1 is 0.960 bits per heavy atom. The summed E-state index contributed by atoms with van der Waals surface area (Å²) in [5, 5.41) is 10.8. The van der Waals surface area contributed by atoms with Crippen molar-refractivity contribution in [2.75, 3.05) is 0 Å². The molecule has 3 nitrogen and oxygen atoms in total. The van der Waals surface area contributed by atoms with E-state index in [4.69, 9.17) is 0 Å². The van der Waals surface area contributed by atoms with Crippen LogP contribution in [0.25, 0.3) is 0 Å². The van der Waals surface area contributed by atoms with Crippen LogP contribution in [0.3, 0.4) is 0 Å². The van der Waals surface area contributed by atoms with Gasteiger partial charge in [0.1, 0.15) is 5.75 Å². The predicted octanol–water partition coefficient (Wildman–Crippen LogP) is 5.60. The highest BCUT2D eigenvalue weighted by molar-refractivity contribution is 6.09. The third kappa shape index (κ3) is 3.97. The first kappa shape index (κ1) is 19.3. The first-order chi connectivity index (χ1) is 11.3. The van der Waals surface area contributed by atoms with E-state index in [0.29, 0.717) is 22.9 Å². The summed E-state index contributed by atoms with van der Waals surface area (Å²) in [5.74, 6) is 0.298. The SMILES string of the molecule is CC(C)n1ccc(C(=O)c2cc(C(C)(C)C)c(O)c(C(C)(C)C)c2)c1. The Bertz CT molecular complexity index is 748. The number of aromatic nitrogens is 1. The summed E-state index contributed by atoms with van der Waals surface area (Å²) in [7, 11) is 0. The van der Waals surface area contributed by atoms with E-state index in [1.165, 1.54) is 0 Å². The minimum atomic E-state index is -0.246. The van der Waals surface area contributed by atoms with Crippen molar-refractivity contribution in [1.82, 2.24) is 4.57 Å². The Labute approximate surface area is 151 Å². The zero-order chi connectivity index (χ0) is 19.2. The minimum absolute atomic E-state index is 0.00426. The van der Waals surface area contributed by atoms with Crippen molar-refractivity contribution in [3.05, 3.63) is 52.8 Å². The van der Waals surface area contributed by atoms with Gasteiger partial charge in [0.2, 0.25) is 0 Å². The smallest absolute Gasteiger partial charge is 0.194 e. The molecule has 0 spiro atoms. The van der Waals surface area contributed by atoms with Gasteiger partial charge in [0.25, 0.3) is 0 Å². The molecular formula is C22H31NO2. The number of carbonyl (C=O) groups excluding carboxylic acids is 1. The number of nitrogens with zero attached hydrogens (tertiary/aromatic N) is 1. The maximum Gasteiger partial charge on any atom is 0.194 e. The van der Waals surface area contributed by atoms with E-state index in [1.807, 2.05) is 35.2 Å². The average Bonchev–Trinajstić information content (AvgIpc) is 2.94. The number of phenols is 1. The fourth-order valence-corrected chi connectivity index (χ4v) is 2.94. The molecule has 0 aliphatic rings. The number of hydrogen-bond donors (Lipinski definition) is 1. The molecule has 1 aromatic heterocycles.